The van der Waals surface area contributed by atoms with Crippen molar-refractivity contribution in [1.29, 1.82) is 0 Å². The number of carbonyl (C=O) groups is 1. The lowest BCUT2D eigenvalue weighted by molar-refractivity contribution is -0.157. The molecule has 1 aromatic heterocycles. The fourth-order valence-corrected chi connectivity index (χ4v) is 2.18. The molecule has 17 heavy (non-hydrogen) atoms. The molecule has 0 saturated heterocycles. The molecule has 4 nitrogen and oxygen atoms in total. The van der Waals surface area contributed by atoms with Gasteiger partial charge in [-0.1, -0.05) is 12.1 Å². The van der Waals surface area contributed by atoms with Crippen LogP contribution in [-0.2, 0) is 10.4 Å². The molecular formula is C13H15NO3. The first-order valence-electron chi connectivity index (χ1n) is 5.39. The summed E-state index contributed by atoms with van der Waals surface area (Å²) in [6.07, 6.45) is 0. The molecule has 0 aliphatic rings. The highest BCUT2D eigenvalue weighted by Gasteiger charge is 2.36. The minimum atomic E-state index is -1.88. The number of hydrogen-bond donors (Lipinski definition) is 3. The molecule has 1 aromatic carbocycles. The van der Waals surface area contributed by atoms with Crippen molar-refractivity contribution in [2.24, 2.45) is 0 Å². The number of benzene rings is 1. The average Bonchev–Trinajstić information content (AvgIpc) is 2.53. The number of H-pyrrole nitrogens is 1. The van der Waals surface area contributed by atoms with Gasteiger partial charge in [-0.25, -0.2) is 4.79 Å². The van der Waals surface area contributed by atoms with Crippen LogP contribution < -0.4 is 0 Å². The zero-order valence-electron chi connectivity index (χ0n) is 10.0. The molecular weight excluding hydrogens is 218 g/mol. The largest absolute Gasteiger partial charge is 0.479 e. The van der Waals surface area contributed by atoms with E-state index in [1.165, 1.54) is 6.92 Å². The first kappa shape index (κ1) is 11.7. The smallest absolute Gasteiger partial charge is 0.340 e. The molecule has 90 valence electrons. The fourth-order valence-electron chi connectivity index (χ4n) is 2.18. The van der Waals surface area contributed by atoms with E-state index in [4.69, 9.17) is 5.11 Å². The van der Waals surface area contributed by atoms with E-state index < -0.39 is 11.6 Å². The van der Waals surface area contributed by atoms with Crippen molar-refractivity contribution >= 4 is 16.9 Å². The normalized spacial score (nSPS) is 14.8. The highest BCUT2D eigenvalue weighted by molar-refractivity contribution is 5.92. The van der Waals surface area contributed by atoms with Gasteiger partial charge in [0.1, 0.15) is 0 Å². The third-order valence-electron chi connectivity index (χ3n) is 3.04. The molecule has 0 saturated carbocycles. The molecule has 0 radical (unpaired) electrons. The first-order valence-corrected chi connectivity index (χ1v) is 5.39. The molecule has 3 N–H and O–H groups in total. The number of fused-ring (bicyclic) bond motifs is 1. The Morgan fingerprint density at radius 3 is 2.59 bits per heavy atom. The molecule has 2 aromatic rings. The standard InChI is InChI=1S/C13H15NO3/c1-7-4-5-9-10(6-7)14-8(2)11(9)13(3,17)12(15)16/h4-6,14,17H,1-3H3,(H,15,16). The molecule has 2 rings (SSSR count). The van der Waals surface area contributed by atoms with Gasteiger partial charge in [0, 0.05) is 22.2 Å². The summed E-state index contributed by atoms with van der Waals surface area (Å²) in [6.45, 7) is 5.03. The number of hydrogen-bond acceptors (Lipinski definition) is 2. The second kappa shape index (κ2) is 3.60. The fraction of sp³-hybridized carbons (Fsp3) is 0.308. The van der Waals surface area contributed by atoms with Crippen molar-refractivity contribution in [3.63, 3.8) is 0 Å². The Bertz CT molecular complexity index is 596. The van der Waals surface area contributed by atoms with E-state index in [0.29, 0.717) is 11.3 Å². The lowest BCUT2D eigenvalue weighted by Gasteiger charge is -2.18. The van der Waals surface area contributed by atoms with Crippen molar-refractivity contribution in [1.82, 2.24) is 4.98 Å². The van der Waals surface area contributed by atoms with Crippen LogP contribution in [0.2, 0.25) is 0 Å². The lowest BCUT2D eigenvalue weighted by Crippen LogP contribution is -2.32. The van der Waals surface area contributed by atoms with Gasteiger partial charge in [0.15, 0.2) is 5.60 Å². The average molecular weight is 233 g/mol. The van der Waals surface area contributed by atoms with Gasteiger partial charge in [0.2, 0.25) is 0 Å². The monoisotopic (exact) mass is 233 g/mol. The van der Waals surface area contributed by atoms with Crippen LogP contribution in [0.4, 0.5) is 0 Å². The van der Waals surface area contributed by atoms with Crippen LogP contribution in [0.15, 0.2) is 18.2 Å². The third-order valence-corrected chi connectivity index (χ3v) is 3.04. The number of aromatic nitrogens is 1. The van der Waals surface area contributed by atoms with E-state index in [9.17, 15) is 9.90 Å². The highest BCUT2D eigenvalue weighted by Crippen LogP contribution is 2.32. The van der Waals surface area contributed by atoms with Gasteiger partial charge in [-0.2, -0.15) is 0 Å². The Labute approximate surface area is 98.9 Å². The number of carboxylic acid groups (broad SMARTS) is 1. The molecule has 1 atom stereocenters. The molecule has 0 aliphatic carbocycles. The molecule has 0 bridgehead atoms. The topological polar surface area (TPSA) is 73.3 Å². The van der Waals surface area contributed by atoms with Crippen molar-refractivity contribution in [3.05, 3.63) is 35.0 Å². The van der Waals surface area contributed by atoms with Gasteiger partial charge >= 0.3 is 5.97 Å². The van der Waals surface area contributed by atoms with Crippen molar-refractivity contribution in [2.75, 3.05) is 0 Å². The summed E-state index contributed by atoms with van der Waals surface area (Å²) in [5.41, 5.74) is 1.16. The number of aliphatic hydroxyl groups is 1. The van der Waals surface area contributed by atoms with E-state index in [1.54, 1.807) is 6.92 Å². The van der Waals surface area contributed by atoms with Gasteiger partial charge in [-0.15, -0.1) is 0 Å². The maximum atomic E-state index is 11.1. The van der Waals surface area contributed by atoms with E-state index in [-0.39, 0.29) is 0 Å². The zero-order valence-corrected chi connectivity index (χ0v) is 10.0. The third kappa shape index (κ3) is 1.70. The number of rotatable bonds is 2. The molecule has 1 unspecified atom stereocenters. The summed E-state index contributed by atoms with van der Waals surface area (Å²) >= 11 is 0. The Kier molecular flexibility index (Phi) is 2.47. The quantitative estimate of drug-likeness (QED) is 0.743. The molecule has 0 fully saturated rings. The Balaban J connectivity index is 2.78. The maximum absolute atomic E-state index is 11.1. The van der Waals surface area contributed by atoms with Crippen molar-refractivity contribution < 1.29 is 15.0 Å². The predicted octanol–water partition coefficient (Wildman–Crippen LogP) is 2.08. The van der Waals surface area contributed by atoms with Crippen LogP contribution in [0.1, 0.15) is 23.7 Å². The van der Waals surface area contributed by atoms with Gasteiger partial charge in [-0.3, -0.25) is 0 Å². The summed E-state index contributed by atoms with van der Waals surface area (Å²) in [4.78, 5) is 14.2. The van der Waals surface area contributed by atoms with Crippen LogP contribution in [0.3, 0.4) is 0 Å². The van der Waals surface area contributed by atoms with Crippen LogP contribution >= 0.6 is 0 Å². The van der Waals surface area contributed by atoms with Crippen LogP contribution in [-0.4, -0.2) is 21.2 Å². The molecule has 4 heteroatoms. The summed E-state index contributed by atoms with van der Waals surface area (Å²) in [5.74, 6) is -1.25. The van der Waals surface area contributed by atoms with Gasteiger partial charge in [0.05, 0.1) is 0 Å². The minimum absolute atomic E-state index is 0.431. The van der Waals surface area contributed by atoms with Gasteiger partial charge in [-0.05, 0) is 32.4 Å². The number of aliphatic carboxylic acids is 1. The summed E-state index contributed by atoms with van der Waals surface area (Å²) in [6, 6.07) is 5.67. The van der Waals surface area contributed by atoms with E-state index in [1.807, 2.05) is 25.1 Å². The SMILES string of the molecule is Cc1ccc2c(C(C)(O)C(=O)O)c(C)[nH]c2c1. The summed E-state index contributed by atoms with van der Waals surface area (Å²) in [5, 5.41) is 19.9. The van der Waals surface area contributed by atoms with E-state index in [2.05, 4.69) is 4.98 Å². The highest BCUT2D eigenvalue weighted by atomic mass is 16.4. The van der Waals surface area contributed by atoms with E-state index in [0.717, 1.165) is 16.5 Å². The van der Waals surface area contributed by atoms with Crippen LogP contribution in [0.25, 0.3) is 10.9 Å². The summed E-state index contributed by atoms with van der Waals surface area (Å²) in [7, 11) is 0. The number of nitrogens with one attached hydrogen (secondary N) is 1. The van der Waals surface area contributed by atoms with Crippen LogP contribution in [0, 0.1) is 13.8 Å². The van der Waals surface area contributed by atoms with E-state index >= 15 is 0 Å². The number of aromatic amines is 1. The lowest BCUT2D eigenvalue weighted by atomic mass is 9.93. The molecule has 1 heterocycles. The Morgan fingerprint density at radius 1 is 1.35 bits per heavy atom. The maximum Gasteiger partial charge on any atom is 0.340 e. The number of carboxylic acids is 1. The second-order valence-electron chi connectivity index (χ2n) is 4.55. The minimum Gasteiger partial charge on any atom is -0.479 e. The molecule has 0 amide bonds. The van der Waals surface area contributed by atoms with Crippen molar-refractivity contribution in [2.45, 2.75) is 26.4 Å². The predicted molar refractivity (Wildman–Crippen MR) is 65.0 cm³/mol. The van der Waals surface area contributed by atoms with Crippen LogP contribution in [0.5, 0.6) is 0 Å². The van der Waals surface area contributed by atoms with Crippen molar-refractivity contribution in [3.8, 4) is 0 Å². The Hall–Kier alpha value is -1.81. The van der Waals surface area contributed by atoms with Gasteiger partial charge in [0.25, 0.3) is 0 Å². The zero-order chi connectivity index (χ0) is 12.8. The molecule has 0 aliphatic heterocycles. The second-order valence-corrected chi connectivity index (χ2v) is 4.55. The summed E-state index contributed by atoms with van der Waals surface area (Å²) < 4.78 is 0. The molecule has 0 spiro atoms. The Morgan fingerprint density at radius 2 is 2.00 bits per heavy atom. The number of aryl methyl sites for hydroxylation is 2. The first-order chi connectivity index (χ1) is 7.84. The van der Waals surface area contributed by atoms with Gasteiger partial charge < -0.3 is 15.2 Å².